The number of para-hydroxylation sites is 1. The third-order valence-electron chi connectivity index (χ3n) is 4.75. The molecule has 0 bridgehead atoms. The topological polar surface area (TPSA) is 124 Å². The predicted molar refractivity (Wildman–Crippen MR) is 110 cm³/mol. The van der Waals surface area contributed by atoms with Crippen LogP contribution in [0.1, 0.15) is 46.0 Å². The van der Waals surface area contributed by atoms with Crippen LogP contribution in [0, 0.1) is 0 Å². The molecule has 1 aliphatic rings. The predicted octanol–water partition coefficient (Wildman–Crippen LogP) is 1.93. The minimum Gasteiger partial charge on any atom is -0.534 e. The Bertz CT molecular complexity index is 1020. The van der Waals surface area contributed by atoms with Crippen molar-refractivity contribution < 1.29 is 42.3 Å². The van der Waals surface area contributed by atoms with Gasteiger partial charge in [-0.3, -0.25) is 9.78 Å². The van der Waals surface area contributed by atoms with E-state index in [0.717, 1.165) is 6.92 Å². The number of pyridine rings is 1. The maximum atomic E-state index is 12.9. The van der Waals surface area contributed by atoms with E-state index in [-0.39, 0.29) is 23.3 Å². The fraction of sp³-hybridized carbons (Fsp3) is 0.333. The standard InChI is InChI=1S/C21H21BF2N2O7/c1-21(23,24)8-7-17(27)26-16-10-13-4-2-6-15(18(13)33-22(16)30)20(29)32-12-31-19(28)14-5-3-9-25-11-14/h2-6,9,11,16,30H,7-8,10,12H2,1H3,(H,26,27)/t16-/m0/s1. The van der Waals surface area contributed by atoms with Crippen molar-refractivity contribution in [3.8, 4) is 5.75 Å². The number of hydrogen-bond donors (Lipinski definition) is 2. The van der Waals surface area contributed by atoms with Crippen molar-refractivity contribution in [1.29, 1.82) is 0 Å². The molecular formula is C21H21BF2N2O7. The minimum atomic E-state index is -2.98. The number of esters is 2. The lowest BCUT2D eigenvalue weighted by Gasteiger charge is -2.29. The number of nitrogens with one attached hydrogen (secondary N) is 1. The summed E-state index contributed by atoms with van der Waals surface area (Å²) in [6.45, 7) is 0.0645. The van der Waals surface area contributed by atoms with Gasteiger partial charge in [-0.25, -0.2) is 18.4 Å². The lowest BCUT2D eigenvalue weighted by molar-refractivity contribution is -0.123. The Morgan fingerprint density at radius 3 is 2.70 bits per heavy atom. The molecule has 0 unspecified atom stereocenters. The lowest BCUT2D eigenvalue weighted by Crippen LogP contribution is -2.53. The van der Waals surface area contributed by atoms with Crippen LogP contribution in [0.3, 0.4) is 0 Å². The second kappa shape index (κ2) is 10.4. The molecule has 1 aliphatic heterocycles. The highest BCUT2D eigenvalue weighted by molar-refractivity contribution is 6.47. The molecule has 1 atom stereocenters. The van der Waals surface area contributed by atoms with Gasteiger partial charge in [0.25, 0.3) is 0 Å². The number of carbonyl (C=O) groups is 3. The van der Waals surface area contributed by atoms with Gasteiger partial charge in [0, 0.05) is 25.2 Å². The Hall–Kier alpha value is -3.54. The summed E-state index contributed by atoms with van der Waals surface area (Å²) in [5.41, 5.74) is 0.667. The molecule has 1 aromatic carbocycles. The first kappa shape index (κ1) is 24.1. The summed E-state index contributed by atoms with van der Waals surface area (Å²) >= 11 is 0. The van der Waals surface area contributed by atoms with Crippen LogP contribution in [0.5, 0.6) is 5.75 Å². The van der Waals surface area contributed by atoms with Gasteiger partial charge in [0.1, 0.15) is 11.3 Å². The number of halogens is 2. The van der Waals surface area contributed by atoms with Crippen LogP contribution >= 0.6 is 0 Å². The summed E-state index contributed by atoms with van der Waals surface area (Å²) in [4.78, 5) is 40.1. The molecule has 0 aliphatic carbocycles. The van der Waals surface area contributed by atoms with Crippen molar-refractivity contribution >= 4 is 25.0 Å². The van der Waals surface area contributed by atoms with Crippen LogP contribution in [0.4, 0.5) is 8.78 Å². The number of hydrogen-bond acceptors (Lipinski definition) is 8. The Morgan fingerprint density at radius 1 is 1.24 bits per heavy atom. The van der Waals surface area contributed by atoms with E-state index in [1.165, 1.54) is 24.5 Å². The number of aromatic nitrogens is 1. The van der Waals surface area contributed by atoms with Crippen molar-refractivity contribution in [2.75, 3.05) is 6.79 Å². The SMILES string of the molecule is CC(F)(F)CCC(=O)N[C@H]1Cc2cccc(C(=O)OCOC(=O)c3cccnc3)c2OB1O. The summed E-state index contributed by atoms with van der Waals surface area (Å²) in [6.07, 6.45) is 1.85. The number of nitrogens with zero attached hydrogens (tertiary/aromatic N) is 1. The second-order valence-electron chi connectivity index (χ2n) is 7.47. The molecule has 9 nitrogen and oxygen atoms in total. The zero-order valence-electron chi connectivity index (χ0n) is 17.6. The summed E-state index contributed by atoms with van der Waals surface area (Å²) in [5.74, 6) is -6.05. The first-order valence-electron chi connectivity index (χ1n) is 10.0. The van der Waals surface area contributed by atoms with Gasteiger partial charge in [0.2, 0.25) is 18.6 Å². The van der Waals surface area contributed by atoms with Crippen molar-refractivity contribution in [2.45, 2.75) is 38.0 Å². The average molecular weight is 462 g/mol. The Labute approximate surface area is 188 Å². The van der Waals surface area contributed by atoms with E-state index in [1.807, 2.05) is 0 Å². The molecule has 0 saturated carbocycles. The first-order chi connectivity index (χ1) is 15.6. The highest BCUT2D eigenvalue weighted by Gasteiger charge is 2.38. The normalized spacial score (nSPS) is 15.2. The fourth-order valence-electron chi connectivity index (χ4n) is 3.10. The fourth-order valence-corrected chi connectivity index (χ4v) is 3.10. The molecule has 1 aromatic heterocycles. The van der Waals surface area contributed by atoms with Crippen LogP contribution in [-0.4, -0.2) is 53.6 Å². The van der Waals surface area contributed by atoms with Gasteiger partial charge in [-0.05, 0) is 37.1 Å². The van der Waals surface area contributed by atoms with Crippen molar-refractivity contribution in [3.63, 3.8) is 0 Å². The smallest absolute Gasteiger partial charge is 0.534 e. The second-order valence-corrected chi connectivity index (χ2v) is 7.47. The van der Waals surface area contributed by atoms with Gasteiger partial charge in [-0.15, -0.1) is 0 Å². The van der Waals surface area contributed by atoms with Crippen molar-refractivity contribution in [3.05, 3.63) is 59.4 Å². The molecule has 33 heavy (non-hydrogen) atoms. The molecule has 174 valence electrons. The quantitative estimate of drug-likeness (QED) is 0.347. The molecular weight excluding hydrogens is 441 g/mol. The van der Waals surface area contributed by atoms with E-state index in [4.69, 9.17) is 14.1 Å². The average Bonchev–Trinajstić information content (AvgIpc) is 2.78. The number of amides is 1. The zero-order chi connectivity index (χ0) is 24.0. The van der Waals surface area contributed by atoms with Crippen LogP contribution in [0.2, 0.25) is 0 Å². The Balaban J connectivity index is 1.58. The molecule has 12 heteroatoms. The van der Waals surface area contributed by atoms with Gasteiger partial charge < -0.3 is 24.5 Å². The highest BCUT2D eigenvalue weighted by atomic mass is 19.3. The summed E-state index contributed by atoms with van der Waals surface area (Å²) in [7, 11) is -1.51. The van der Waals surface area contributed by atoms with E-state index in [2.05, 4.69) is 10.3 Å². The van der Waals surface area contributed by atoms with Crippen molar-refractivity contribution in [2.24, 2.45) is 0 Å². The summed E-state index contributed by atoms with van der Waals surface area (Å²) in [6, 6.07) is 7.62. The number of rotatable bonds is 8. The lowest BCUT2D eigenvalue weighted by atomic mass is 9.72. The van der Waals surface area contributed by atoms with E-state index in [0.29, 0.717) is 5.56 Å². The Kier molecular flexibility index (Phi) is 7.59. The molecule has 2 N–H and O–H groups in total. The number of alkyl halides is 2. The number of fused-ring (bicyclic) bond motifs is 1. The van der Waals surface area contributed by atoms with E-state index < -0.39 is 56.5 Å². The molecule has 1 amide bonds. The maximum Gasteiger partial charge on any atom is 0.547 e. The molecule has 0 radical (unpaired) electrons. The third kappa shape index (κ3) is 6.72. The van der Waals surface area contributed by atoms with Crippen LogP contribution in [0.15, 0.2) is 42.7 Å². The van der Waals surface area contributed by atoms with Gasteiger partial charge in [-0.2, -0.15) is 0 Å². The van der Waals surface area contributed by atoms with Gasteiger partial charge in [-0.1, -0.05) is 12.1 Å². The zero-order valence-corrected chi connectivity index (χ0v) is 17.6. The molecule has 0 fully saturated rings. The van der Waals surface area contributed by atoms with Gasteiger partial charge in [0.15, 0.2) is 0 Å². The van der Waals surface area contributed by atoms with Crippen LogP contribution < -0.4 is 9.97 Å². The van der Waals surface area contributed by atoms with E-state index in [9.17, 15) is 28.2 Å². The van der Waals surface area contributed by atoms with Gasteiger partial charge >= 0.3 is 19.1 Å². The molecule has 2 aromatic rings. The third-order valence-corrected chi connectivity index (χ3v) is 4.75. The van der Waals surface area contributed by atoms with Gasteiger partial charge in [0.05, 0.1) is 11.5 Å². The maximum absolute atomic E-state index is 12.9. The number of benzene rings is 1. The van der Waals surface area contributed by atoms with E-state index in [1.54, 1.807) is 18.2 Å². The highest BCUT2D eigenvalue weighted by Crippen LogP contribution is 2.31. The minimum absolute atomic E-state index is 0.0145. The first-order valence-corrected chi connectivity index (χ1v) is 10.0. The monoisotopic (exact) mass is 462 g/mol. The largest absolute Gasteiger partial charge is 0.547 e. The Morgan fingerprint density at radius 2 is 2.00 bits per heavy atom. The van der Waals surface area contributed by atoms with Crippen molar-refractivity contribution in [1.82, 2.24) is 10.3 Å². The number of ether oxygens (including phenoxy) is 2. The molecule has 0 saturated heterocycles. The summed E-state index contributed by atoms with van der Waals surface area (Å²) < 4.78 is 41.2. The van der Waals surface area contributed by atoms with Crippen LogP contribution in [-0.2, 0) is 20.7 Å². The van der Waals surface area contributed by atoms with Crippen LogP contribution in [0.25, 0.3) is 0 Å². The number of carbonyl (C=O) groups excluding carboxylic acids is 3. The van der Waals surface area contributed by atoms with E-state index >= 15 is 0 Å². The molecule has 2 heterocycles. The summed E-state index contributed by atoms with van der Waals surface area (Å²) in [5, 5.41) is 12.7. The molecule has 3 rings (SSSR count). The molecule has 0 spiro atoms.